The third kappa shape index (κ3) is 6.46. The zero-order valence-electron chi connectivity index (χ0n) is 23.4. The molecule has 1 amide bonds. The minimum atomic E-state index is 0.0942. The molecule has 0 spiro atoms. The molecule has 0 bridgehead atoms. The fraction of sp³-hybridized carbons (Fsp3) is 0.548. The van der Waals surface area contributed by atoms with Crippen LogP contribution in [-0.4, -0.2) is 39.3 Å². The highest BCUT2D eigenvalue weighted by molar-refractivity contribution is 6.31. The maximum Gasteiger partial charge on any atom is 0.232 e. The van der Waals surface area contributed by atoms with Gasteiger partial charge in [0.15, 0.2) is 0 Å². The van der Waals surface area contributed by atoms with Crippen LogP contribution in [0.2, 0.25) is 5.02 Å². The fourth-order valence-corrected chi connectivity index (χ4v) is 6.38. The van der Waals surface area contributed by atoms with E-state index < -0.39 is 0 Å². The van der Waals surface area contributed by atoms with E-state index in [1.54, 1.807) is 7.11 Å². The molecule has 208 valence electrons. The van der Waals surface area contributed by atoms with E-state index in [1.807, 2.05) is 40.3 Å². The number of nitrogens with zero attached hydrogens (tertiary/aromatic N) is 5. The molecule has 7 nitrogen and oxygen atoms in total. The third-order valence-corrected chi connectivity index (χ3v) is 8.76. The lowest BCUT2D eigenvalue weighted by Gasteiger charge is -2.35. The van der Waals surface area contributed by atoms with Crippen molar-refractivity contribution in [3.8, 4) is 17.0 Å². The van der Waals surface area contributed by atoms with Crippen molar-refractivity contribution in [3.05, 3.63) is 53.6 Å². The Hall–Kier alpha value is -2.93. The average molecular weight is 550 g/mol. The summed E-state index contributed by atoms with van der Waals surface area (Å²) < 4.78 is 7.18. The Morgan fingerprint density at radius 3 is 2.49 bits per heavy atom. The molecule has 0 atom stereocenters. The smallest absolute Gasteiger partial charge is 0.232 e. The Bertz CT molecular complexity index is 1260. The average Bonchev–Trinajstić information content (AvgIpc) is 3.48. The van der Waals surface area contributed by atoms with Gasteiger partial charge in [0.05, 0.1) is 13.3 Å². The van der Waals surface area contributed by atoms with Crippen LogP contribution < -0.4 is 9.64 Å². The molecule has 0 aromatic carbocycles. The summed E-state index contributed by atoms with van der Waals surface area (Å²) >= 11 is 6.35. The standard InChI is InChI=1S/C31H40ClN5O2/c1-21(2)37-20-27(18-35-37)25-13-14-33-29(16-25)36(31(38)24-7-5-4-6-8-24)19-22-9-11-23(12-10-22)26-15-28(32)30(39-3)34-17-26/h13-18,20-24H,4-12,19H2,1-3H3. The lowest BCUT2D eigenvalue weighted by Crippen LogP contribution is -2.41. The predicted molar refractivity (Wildman–Crippen MR) is 155 cm³/mol. The third-order valence-electron chi connectivity index (χ3n) is 8.49. The van der Waals surface area contributed by atoms with Gasteiger partial charge in [-0.1, -0.05) is 30.9 Å². The maximum atomic E-state index is 13.9. The molecule has 2 aliphatic rings. The molecule has 3 aromatic heterocycles. The van der Waals surface area contributed by atoms with Crippen LogP contribution in [0.5, 0.6) is 5.88 Å². The van der Waals surface area contributed by atoms with E-state index in [0.29, 0.717) is 35.3 Å². The highest BCUT2D eigenvalue weighted by Gasteiger charge is 2.31. The van der Waals surface area contributed by atoms with Gasteiger partial charge in [-0.2, -0.15) is 5.10 Å². The number of aromatic nitrogens is 4. The van der Waals surface area contributed by atoms with Gasteiger partial charge in [-0.25, -0.2) is 9.97 Å². The Morgan fingerprint density at radius 2 is 1.82 bits per heavy atom. The molecule has 2 aliphatic carbocycles. The van der Waals surface area contributed by atoms with Crippen molar-refractivity contribution in [2.75, 3.05) is 18.6 Å². The van der Waals surface area contributed by atoms with Crippen LogP contribution in [0.1, 0.15) is 89.2 Å². The number of hydrogen-bond acceptors (Lipinski definition) is 5. The second-order valence-corrected chi connectivity index (χ2v) is 11.9. The van der Waals surface area contributed by atoms with Gasteiger partial charge in [0.25, 0.3) is 0 Å². The van der Waals surface area contributed by atoms with Crippen molar-refractivity contribution in [2.24, 2.45) is 11.8 Å². The summed E-state index contributed by atoms with van der Waals surface area (Å²) in [7, 11) is 1.59. The Kier molecular flexibility index (Phi) is 8.85. The topological polar surface area (TPSA) is 73.1 Å². The number of anilines is 1. The summed E-state index contributed by atoms with van der Waals surface area (Å²) in [6, 6.07) is 6.37. The molecule has 8 heteroatoms. The quantitative estimate of drug-likeness (QED) is 0.291. The van der Waals surface area contributed by atoms with E-state index in [2.05, 4.69) is 36.2 Å². The van der Waals surface area contributed by atoms with Crippen LogP contribution in [0.15, 0.2) is 43.0 Å². The Balaban J connectivity index is 1.33. The number of halogens is 1. The second-order valence-electron chi connectivity index (χ2n) is 11.5. The number of carbonyl (C=O) groups is 1. The lowest BCUT2D eigenvalue weighted by atomic mass is 9.78. The second kappa shape index (κ2) is 12.5. The SMILES string of the molecule is COc1ncc(C2CCC(CN(C(=O)C3CCCCC3)c3cc(-c4cnn(C(C)C)c4)ccn3)CC2)cc1Cl. The van der Waals surface area contributed by atoms with Gasteiger partial charge in [0, 0.05) is 42.7 Å². The monoisotopic (exact) mass is 549 g/mol. The van der Waals surface area contributed by atoms with Crippen molar-refractivity contribution < 1.29 is 9.53 Å². The first-order chi connectivity index (χ1) is 18.9. The minimum Gasteiger partial charge on any atom is -0.480 e. The molecular formula is C31H40ClN5O2. The van der Waals surface area contributed by atoms with Crippen molar-refractivity contribution in [2.45, 2.75) is 83.6 Å². The van der Waals surface area contributed by atoms with Crippen molar-refractivity contribution >= 4 is 23.3 Å². The molecule has 2 saturated carbocycles. The fourth-order valence-electron chi connectivity index (χ4n) is 6.13. The number of methoxy groups -OCH3 is 1. The summed E-state index contributed by atoms with van der Waals surface area (Å²) in [5, 5.41) is 5.07. The van der Waals surface area contributed by atoms with Gasteiger partial charge >= 0.3 is 0 Å². The van der Waals surface area contributed by atoms with E-state index in [1.165, 1.54) is 12.0 Å². The van der Waals surface area contributed by atoms with Crippen LogP contribution in [0.25, 0.3) is 11.1 Å². The number of pyridine rings is 2. The Morgan fingerprint density at radius 1 is 1.05 bits per heavy atom. The highest BCUT2D eigenvalue weighted by Crippen LogP contribution is 2.39. The first-order valence-electron chi connectivity index (χ1n) is 14.4. The summed E-state index contributed by atoms with van der Waals surface area (Å²) in [5.41, 5.74) is 3.26. The minimum absolute atomic E-state index is 0.0942. The molecule has 0 N–H and O–H groups in total. The highest BCUT2D eigenvalue weighted by atomic mass is 35.5. The van der Waals surface area contributed by atoms with Gasteiger partial charge in [-0.05, 0) is 93.5 Å². The number of amides is 1. The summed E-state index contributed by atoms with van der Waals surface area (Å²) in [6.07, 6.45) is 17.4. The van der Waals surface area contributed by atoms with E-state index in [9.17, 15) is 4.79 Å². The molecule has 5 rings (SSSR count). The van der Waals surface area contributed by atoms with E-state index in [0.717, 1.165) is 68.3 Å². The first-order valence-corrected chi connectivity index (χ1v) is 14.8. The van der Waals surface area contributed by atoms with Crippen molar-refractivity contribution in [1.82, 2.24) is 19.7 Å². The van der Waals surface area contributed by atoms with Crippen LogP contribution in [0.4, 0.5) is 5.82 Å². The molecule has 0 unspecified atom stereocenters. The van der Waals surface area contributed by atoms with E-state index in [4.69, 9.17) is 21.3 Å². The molecule has 0 aliphatic heterocycles. The maximum absolute atomic E-state index is 13.9. The predicted octanol–water partition coefficient (Wildman–Crippen LogP) is 7.47. The first kappa shape index (κ1) is 27.6. The van der Waals surface area contributed by atoms with Gasteiger partial charge in [-0.3, -0.25) is 14.4 Å². The van der Waals surface area contributed by atoms with Gasteiger partial charge < -0.3 is 4.74 Å². The Labute approximate surface area is 236 Å². The number of carbonyl (C=O) groups excluding carboxylic acids is 1. The number of hydrogen-bond donors (Lipinski definition) is 0. The van der Waals surface area contributed by atoms with Crippen LogP contribution in [0.3, 0.4) is 0 Å². The van der Waals surface area contributed by atoms with Gasteiger partial charge in [-0.15, -0.1) is 0 Å². The summed E-state index contributed by atoms with van der Waals surface area (Å²) in [6.45, 7) is 4.95. The zero-order valence-corrected chi connectivity index (χ0v) is 24.1. The normalized spacial score (nSPS) is 20.2. The van der Waals surface area contributed by atoms with Crippen molar-refractivity contribution in [3.63, 3.8) is 0 Å². The van der Waals surface area contributed by atoms with Crippen LogP contribution in [0, 0.1) is 11.8 Å². The molecule has 0 saturated heterocycles. The lowest BCUT2D eigenvalue weighted by molar-refractivity contribution is -0.123. The molecular weight excluding hydrogens is 510 g/mol. The van der Waals surface area contributed by atoms with Crippen LogP contribution in [-0.2, 0) is 4.79 Å². The molecule has 0 radical (unpaired) electrons. The van der Waals surface area contributed by atoms with E-state index >= 15 is 0 Å². The number of ether oxygens (including phenoxy) is 1. The molecule has 39 heavy (non-hydrogen) atoms. The summed E-state index contributed by atoms with van der Waals surface area (Å²) in [4.78, 5) is 25.0. The zero-order chi connectivity index (χ0) is 27.4. The molecule has 3 heterocycles. The largest absolute Gasteiger partial charge is 0.480 e. The van der Waals surface area contributed by atoms with Gasteiger partial charge in [0.1, 0.15) is 10.8 Å². The van der Waals surface area contributed by atoms with Crippen LogP contribution >= 0.6 is 11.6 Å². The number of rotatable bonds is 8. The van der Waals surface area contributed by atoms with E-state index in [-0.39, 0.29) is 11.8 Å². The van der Waals surface area contributed by atoms with Gasteiger partial charge in [0.2, 0.25) is 11.8 Å². The van der Waals surface area contributed by atoms with Crippen molar-refractivity contribution in [1.29, 1.82) is 0 Å². The molecule has 3 aromatic rings. The summed E-state index contributed by atoms with van der Waals surface area (Å²) in [5.74, 6) is 2.43. The molecule has 2 fully saturated rings.